The van der Waals surface area contributed by atoms with Crippen molar-refractivity contribution in [2.45, 2.75) is 19.0 Å². The van der Waals surface area contributed by atoms with Crippen LogP contribution in [0.1, 0.15) is 12.0 Å². The lowest BCUT2D eigenvalue weighted by molar-refractivity contribution is -0.134. The Bertz CT molecular complexity index is 405. The second kappa shape index (κ2) is 6.39. The summed E-state index contributed by atoms with van der Waals surface area (Å²) in [5.74, 6) is -0.231. The van der Waals surface area contributed by atoms with E-state index in [0.29, 0.717) is 11.3 Å². The Hall–Kier alpha value is -1.56. The molecule has 1 aromatic rings. The maximum absolute atomic E-state index is 12.1. The Balaban J connectivity index is 2.59. The van der Waals surface area contributed by atoms with Gasteiger partial charge in [0.05, 0.1) is 6.54 Å². The van der Waals surface area contributed by atoms with Crippen molar-refractivity contribution in [3.05, 3.63) is 29.8 Å². The van der Waals surface area contributed by atoms with E-state index in [1.807, 2.05) is 0 Å². The molecule has 0 radical (unpaired) electrons. The number of amides is 1. The first-order valence-corrected chi connectivity index (χ1v) is 5.51. The molecule has 0 spiro atoms. The number of hydrogen-bond donors (Lipinski definition) is 2. The molecule has 100 valence electrons. The Morgan fingerprint density at radius 3 is 2.67 bits per heavy atom. The van der Waals surface area contributed by atoms with Crippen LogP contribution in [0, 0.1) is 0 Å². The van der Waals surface area contributed by atoms with E-state index in [1.54, 1.807) is 31.3 Å². The number of nitrogens with one attached hydrogen (secondary N) is 2. The fourth-order valence-electron chi connectivity index (χ4n) is 1.46. The molecule has 0 aromatic heterocycles. The van der Waals surface area contributed by atoms with Gasteiger partial charge in [-0.15, -0.1) is 0 Å². The van der Waals surface area contributed by atoms with E-state index >= 15 is 0 Å². The first-order chi connectivity index (χ1) is 8.40. The molecule has 0 aliphatic rings. The number of hydrogen-bond acceptors (Lipinski definition) is 2. The molecule has 2 N–H and O–H groups in total. The first kappa shape index (κ1) is 14.5. The van der Waals surface area contributed by atoms with E-state index < -0.39 is 12.6 Å². The van der Waals surface area contributed by atoms with E-state index in [9.17, 15) is 18.0 Å². The third-order valence-corrected chi connectivity index (χ3v) is 2.25. The summed E-state index contributed by atoms with van der Waals surface area (Å²) in [6.07, 6.45) is -5.11. The zero-order valence-corrected chi connectivity index (χ0v) is 9.97. The van der Waals surface area contributed by atoms with Crippen LogP contribution in [0.3, 0.4) is 0 Å². The third kappa shape index (κ3) is 5.67. The summed E-state index contributed by atoms with van der Waals surface area (Å²) in [5, 5.41) is 5.28. The zero-order chi connectivity index (χ0) is 13.6. The van der Waals surface area contributed by atoms with Gasteiger partial charge >= 0.3 is 6.18 Å². The van der Waals surface area contributed by atoms with Gasteiger partial charge in [-0.25, -0.2) is 0 Å². The highest BCUT2D eigenvalue weighted by molar-refractivity contribution is 5.92. The summed E-state index contributed by atoms with van der Waals surface area (Å²) in [4.78, 5) is 11.3. The number of carbonyl (C=O) groups excluding carboxylic acids is 1. The van der Waals surface area contributed by atoms with Crippen molar-refractivity contribution in [1.29, 1.82) is 0 Å². The quantitative estimate of drug-likeness (QED) is 0.853. The van der Waals surface area contributed by atoms with Gasteiger partial charge in [0.15, 0.2) is 0 Å². The summed E-state index contributed by atoms with van der Waals surface area (Å²) in [7, 11) is 1.64. The highest BCUT2D eigenvalue weighted by Crippen LogP contribution is 2.23. The maximum Gasteiger partial charge on any atom is 0.389 e. The fourth-order valence-corrected chi connectivity index (χ4v) is 1.46. The smallest absolute Gasteiger partial charge is 0.325 e. The van der Waals surface area contributed by atoms with Crippen LogP contribution in [0.5, 0.6) is 0 Å². The van der Waals surface area contributed by atoms with Crippen molar-refractivity contribution < 1.29 is 18.0 Å². The number of likely N-dealkylation sites (N-methyl/N-ethyl adjacent to an activating group) is 1. The molecule has 0 heterocycles. The van der Waals surface area contributed by atoms with Crippen molar-refractivity contribution in [1.82, 2.24) is 5.32 Å². The molecule has 0 aliphatic carbocycles. The minimum Gasteiger partial charge on any atom is -0.325 e. The summed E-state index contributed by atoms with van der Waals surface area (Å²) in [6.45, 7) is 0.160. The van der Waals surface area contributed by atoms with Gasteiger partial charge in [0.25, 0.3) is 0 Å². The summed E-state index contributed by atoms with van der Waals surface area (Å²) >= 11 is 0. The SMILES string of the molecule is CNCC(=O)Nc1cccc(CCC(F)(F)F)c1. The number of carbonyl (C=O) groups is 1. The van der Waals surface area contributed by atoms with Crippen LogP contribution in [0.15, 0.2) is 24.3 Å². The van der Waals surface area contributed by atoms with E-state index in [1.165, 1.54) is 0 Å². The second-order valence-corrected chi connectivity index (χ2v) is 3.89. The molecule has 1 amide bonds. The van der Waals surface area contributed by atoms with Crippen LogP contribution < -0.4 is 10.6 Å². The third-order valence-electron chi connectivity index (χ3n) is 2.25. The number of benzene rings is 1. The van der Waals surface area contributed by atoms with Gasteiger partial charge in [0, 0.05) is 12.1 Å². The van der Waals surface area contributed by atoms with E-state index in [4.69, 9.17) is 0 Å². The van der Waals surface area contributed by atoms with Crippen molar-refractivity contribution in [2.24, 2.45) is 0 Å². The van der Waals surface area contributed by atoms with Crippen molar-refractivity contribution >= 4 is 11.6 Å². The highest BCUT2D eigenvalue weighted by atomic mass is 19.4. The molecule has 1 aromatic carbocycles. The fraction of sp³-hybridized carbons (Fsp3) is 0.417. The van der Waals surface area contributed by atoms with E-state index in [2.05, 4.69) is 10.6 Å². The van der Waals surface area contributed by atoms with Crippen LogP contribution in [0.4, 0.5) is 18.9 Å². The van der Waals surface area contributed by atoms with Crippen LogP contribution in [0.2, 0.25) is 0 Å². The second-order valence-electron chi connectivity index (χ2n) is 3.89. The van der Waals surface area contributed by atoms with E-state index in [-0.39, 0.29) is 18.9 Å². The summed E-state index contributed by atoms with van der Waals surface area (Å²) < 4.78 is 36.2. The standard InChI is InChI=1S/C12H15F3N2O/c1-16-8-11(18)17-10-4-2-3-9(7-10)5-6-12(13,14)15/h2-4,7,16H,5-6,8H2,1H3,(H,17,18). The van der Waals surface area contributed by atoms with Crippen LogP contribution in [-0.4, -0.2) is 25.7 Å². The minimum absolute atomic E-state index is 0.0841. The zero-order valence-electron chi connectivity index (χ0n) is 9.97. The lowest BCUT2D eigenvalue weighted by atomic mass is 10.1. The lowest BCUT2D eigenvalue weighted by Crippen LogP contribution is -2.25. The van der Waals surface area contributed by atoms with Crippen molar-refractivity contribution in [3.63, 3.8) is 0 Å². The predicted octanol–water partition coefficient (Wildman–Crippen LogP) is 2.34. The monoisotopic (exact) mass is 260 g/mol. The van der Waals surface area contributed by atoms with Crippen LogP contribution in [0.25, 0.3) is 0 Å². The Morgan fingerprint density at radius 2 is 2.06 bits per heavy atom. The average molecular weight is 260 g/mol. The summed E-state index contributed by atoms with van der Waals surface area (Å²) in [5.41, 5.74) is 1.06. The molecule has 6 heteroatoms. The molecular formula is C12H15F3N2O. The lowest BCUT2D eigenvalue weighted by Gasteiger charge is -2.09. The van der Waals surface area contributed by atoms with Gasteiger partial charge in [-0.05, 0) is 31.2 Å². The molecule has 0 saturated heterocycles. The van der Waals surface area contributed by atoms with Gasteiger partial charge in [-0.2, -0.15) is 13.2 Å². The molecule has 0 fully saturated rings. The van der Waals surface area contributed by atoms with Crippen molar-refractivity contribution in [2.75, 3.05) is 18.9 Å². The largest absolute Gasteiger partial charge is 0.389 e. The first-order valence-electron chi connectivity index (χ1n) is 5.51. The minimum atomic E-state index is -4.16. The average Bonchev–Trinajstić information content (AvgIpc) is 2.26. The van der Waals surface area contributed by atoms with E-state index in [0.717, 1.165) is 0 Å². The number of aryl methyl sites for hydroxylation is 1. The van der Waals surface area contributed by atoms with Gasteiger partial charge in [0.1, 0.15) is 0 Å². The van der Waals surface area contributed by atoms with Gasteiger partial charge in [0.2, 0.25) is 5.91 Å². The number of halogens is 3. The van der Waals surface area contributed by atoms with Gasteiger partial charge < -0.3 is 10.6 Å². The highest BCUT2D eigenvalue weighted by Gasteiger charge is 2.26. The van der Waals surface area contributed by atoms with Crippen LogP contribution >= 0.6 is 0 Å². The molecule has 18 heavy (non-hydrogen) atoms. The van der Waals surface area contributed by atoms with Crippen LogP contribution in [-0.2, 0) is 11.2 Å². The molecule has 0 atom stereocenters. The molecule has 0 unspecified atom stereocenters. The molecule has 3 nitrogen and oxygen atoms in total. The topological polar surface area (TPSA) is 41.1 Å². The Morgan fingerprint density at radius 1 is 1.33 bits per heavy atom. The van der Waals surface area contributed by atoms with Gasteiger partial charge in [-0.1, -0.05) is 12.1 Å². The van der Waals surface area contributed by atoms with Gasteiger partial charge in [-0.3, -0.25) is 4.79 Å². The number of rotatable bonds is 5. The molecule has 0 saturated carbocycles. The predicted molar refractivity (Wildman–Crippen MR) is 63.4 cm³/mol. The number of alkyl halides is 3. The number of anilines is 1. The Labute approximate surface area is 103 Å². The molecular weight excluding hydrogens is 245 g/mol. The maximum atomic E-state index is 12.1. The molecule has 0 bridgehead atoms. The molecule has 1 rings (SSSR count). The molecule has 0 aliphatic heterocycles. The summed E-state index contributed by atoms with van der Waals surface area (Å²) in [6, 6.07) is 6.43. The Kier molecular flexibility index (Phi) is 5.15. The van der Waals surface area contributed by atoms with Crippen molar-refractivity contribution in [3.8, 4) is 0 Å². The normalized spacial score (nSPS) is 11.3.